The molecule has 7 heteroatoms. The van der Waals surface area contributed by atoms with Crippen LogP contribution in [0.4, 0.5) is 10.1 Å². The van der Waals surface area contributed by atoms with Crippen LogP contribution in [0, 0.1) is 17.7 Å². The van der Waals surface area contributed by atoms with E-state index in [-0.39, 0.29) is 35.4 Å². The van der Waals surface area contributed by atoms with Crippen molar-refractivity contribution in [2.24, 2.45) is 11.8 Å². The minimum absolute atomic E-state index is 0.131. The van der Waals surface area contributed by atoms with Crippen molar-refractivity contribution in [3.8, 4) is 0 Å². The van der Waals surface area contributed by atoms with Crippen LogP contribution in [0.5, 0.6) is 0 Å². The molecule has 24 heavy (non-hydrogen) atoms. The molecule has 0 fully saturated rings. The zero-order valence-electron chi connectivity index (χ0n) is 14.2. The first-order valence-corrected chi connectivity index (χ1v) is 7.74. The fourth-order valence-corrected chi connectivity index (χ4v) is 2.10. The number of carbonyl (C=O) groups is 3. The number of carbonyl (C=O) groups excluding carboxylic acids is 2. The third kappa shape index (κ3) is 5.64. The fourth-order valence-electron chi connectivity index (χ4n) is 2.10. The number of hydrogen-bond donors (Lipinski definition) is 3. The minimum Gasteiger partial charge on any atom is -0.478 e. The topological polar surface area (TPSA) is 95.5 Å². The summed E-state index contributed by atoms with van der Waals surface area (Å²) in [6.45, 7) is 7.32. The second-order valence-electron chi connectivity index (χ2n) is 6.38. The van der Waals surface area contributed by atoms with Gasteiger partial charge >= 0.3 is 5.97 Å². The van der Waals surface area contributed by atoms with E-state index < -0.39 is 23.7 Å². The lowest BCUT2D eigenvalue weighted by molar-refractivity contribution is -0.127. The maximum absolute atomic E-state index is 13.9. The Kier molecular flexibility index (Phi) is 6.88. The molecule has 0 aliphatic carbocycles. The number of carboxylic acid groups (broad SMARTS) is 1. The van der Waals surface area contributed by atoms with E-state index in [0.29, 0.717) is 0 Å². The van der Waals surface area contributed by atoms with Gasteiger partial charge in [0.25, 0.3) is 0 Å². The van der Waals surface area contributed by atoms with Gasteiger partial charge in [0.05, 0.1) is 11.3 Å². The average molecular weight is 338 g/mol. The van der Waals surface area contributed by atoms with Crippen LogP contribution in [-0.4, -0.2) is 28.9 Å². The van der Waals surface area contributed by atoms with E-state index >= 15 is 0 Å². The summed E-state index contributed by atoms with van der Waals surface area (Å²) in [5, 5.41) is 13.9. The Hall–Kier alpha value is -2.44. The quantitative estimate of drug-likeness (QED) is 0.712. The smallest absolute Gasteiger partial charge is 0.335 e. The van der Waals surface area contributed by atoms with Crippen molar-refractivity contribution in [2.75, 3.05) is 5.32 Å². The summed E-state index contributed by atoms with van der Waals surface area (Å²) < 4.78 is 13.9. The molecule has 0 saturated carbocycles. The zero-order valence-corrected chi connectivity index (χ0v) is 14.2. The second kappa shape index (κ2) is 8.42. The summed E-state index contributed by atoms with van der Waals surface area (Å²) in [4.78, 5) is 35.0. The number of aromatic carboxylic acids is 1. The van der Waals surface area contributed by atoms with Crippen LogP contribution < -0.4 is 10.6 Å². The minimum atomic E-state index is -1.26. The molecular formula is C17H23FN2O4. The van der Waals surface area contributed by atoms with Crippen molar-refractivity contribution in [1.29, 1.82) is 0 Å². The van der Waals surface area contributed by atoms with Crippen molar-refractivity contribution in [3.63, 3.8) is 0 Å². The van der Waals surface area contributed by atoms with Crippen LogP contribution in [0.3, 0.4) is 0 Å². The van der Waals surface area contributed by atoms with Crippen LogP contribution in [0.15, 0.2) is 18.2 Å². The molecule has 3 N–H and O–H groups in total. The number of carboxylic acids is 1. The Morgan fingerprint density at radius 2 is 1.79 bits per heavy atom. The maximum atomic E-state index is 13.9. The number of benzene rings is 1. The molecule has 0 aliphatic rings. The van der Waals surface area contributed by atoms with E-state index in [9.17, 15) is 18.8 Å². The molecule has 0 heterocycles. The zero-order chi connectivity index (χ0) is 18.4. The van der Waals surface area contributed by atoms with Gasteiger partial charge in [-0.15, -0.1) is 0 Å². The fraction of sp³-hybridized carbons (Fsp3) is 0.471. The number of halogens is 1. The van der Waals surface area contributed by atoms with E-state index in [2.05, 4.69) is 10.6 Å². The van der Waals surface area contributed by atoms with Gasteiger partial charge < -0.3 is 15.7 Å². The third-order valence-corrected chi connectivity index (χ3v) is 3.33. The lowest BCUT2D eigenvalue weighted by Crippen LogP contribution is -2.47. The average Bonchev–Trinajstić information content (AvgIpc) is 2.45. The monoisotopic (exact) mass is 338 g/mol. The maximum Gasteiger partial charge on any atom is 0.335 e. The number of amides is 2. The summed E-state index contributed by atoms with van der Waals surface area (Å²) in [7, 11) is 0. The molecule has 0 aromatic heterocycles. The molecule has 1 rings (SSSR count). The lowest BCUT2D eigenvalue weighted by atomic mass is 10.0. The highest BCUT2D eigenvalue weighted by molar-refractivity contribution is 5.98. The van der Waals surface area contributed by atoms with Crippen molar-refractivity contribution < 1.29 is 23.9 Å². The highest BCUT2D eigenvalue weighted by Crippen LogP contribution is 2.17. The summed E-state index contributed by atoms with van der Waals surface area (Å²) in [6, 6.07) is 2.40. The van der Waals surface area contributed by atoms with E-state index in [4.69, 9.17) is 5.11 Å². The molecule has 0 spiro atoms. The second-order valence-corrected chi connectivity index (χ2v) is 6.38. The molecule has 0 aliphatic heterocycles. The highest BCUT2D eigenvalue weighted by atomic mass is 19.1. The lowest BCUT2D eigenvalue weighted by Gasteiger charge is -2.22. The Bertz CT molecular complexity index is 629. The first kappa shape index (κ1) is 19.6. The van der Waals surface area contributed by atoms with Gasteiger partial charge in [-0.3, -0.25) is 9.59 Å². The summed E-state index contributed by atoms with van der Waals surface area (Å²) in [6.07, 6.45) is 0.290. The standard InChI is InChI=1S/C17H23FN2O4/c1-9(2)7-14(21)20-15(10(3)4)16(22)19-13-6-5-11(17(23)24)8-12(13)18/h5-6,8-10,15H,7H2,1-4H3,(H,19,22)(H,20,21)(H,23,24). The molecule has 1 unspecified atom stereocenters. The van der Waals surface area contributed by atoms with Crippen LogP contribution >= 0.6 is 0 Å². The molecule has 0 radical (unpaired) electrons. The molecule has 1 atom stereocenters. The number of hydrogen-bond acceptors (Lipinski definition) is 3. The number of anilines is 1. The summed E-state index contributed by atoms with van der Waals surface area (Å²) in [5.74, 6) is -2.94. The Balaban J connectivity index is 2.86. The molecular weight excluding hydrogens is 315 g/mol. The summed E-state index contributed by atoms with van der Waals surface area (Å²) in [5.41, 5.74) is -0.343. The van der Waals surface area contributed by atoms with Crippen LogP contribution in [0.1, 0.15) is 44.5 Å². The van der Waals surface area contributed by atoms with Gasteiger partial charge in [-0.05, 0) is 30.0 Å². The molecule has 0 saturated heterocycles. The van der Waals surface area contributed by atoms with Crippen LogP contribution in [0.2, 0.25) is 0 Å². The van der Waals surface area contributed by atoms with E-state index in [1.807, 2.05) is 13.8 Å². The van der Waals surface area contributed by atoms with Gasteiger partial charge in [-0.25, -0.2) is 9.18 Å². The van der Waals surface area contributed by atoms with Gasteiger partial charge in [-0.2, -0.15) is 0 Å². The summed E-state index contributed by atoms with van der Waals surface area (Å²) >= 11 is 0. The molecule has 0 bridgehead atoms. The van der Waals surface area contributed by atoms with Crippen molar-refractivity contribution in [3.05, 3.63) is 29.6 Å². The first-order valence-electron chi connectivity index (χ1n) is 7.74. The van der Waals surface area contributed by atoms with Crippen LogP contribution in [0.25, 0.3) is 0 Å². The first-order chi connectivity index (χ1) is 11.1. The predicted molar refractivity (Wildman–Crippen MR) is 88.2 cm³/mol. The molecule has 2 amide bonds. The van der Waals surface area contributed by atoms with E-state index in [1.165, 1.54) is 12.1 Å². The van der Waals surface area contributed by atoms with E-state index in [0.717, 1.165) is 6.07 Å². The van der Waals surface area contributed by atoms with Gasteiger partial charge in [0.1, 0.15) is 11.9 Å². The van der Waals surface area contributed by atoms with Gasteiger partial charge in [0.2, 0.25) is 11.8 Å². The largest absolute Gasteiger partial charge is 0.478 e. The van der Waals surface area contributed by atoms with Crippen LogP contribution in [-0.2, 0) is 9.59 Å². The normalized spacial score (nSPS) is 12.1. The predicted octanol–water partition coefficient (Wildman–Crippen LogP) is 2.65. The Morgan fingerprint density at radius 3 is 2.25 bits per heavy atom. The Labute approximate surface area is 140 Å². The highest BCUT2D eigenvalue weighted by Gasteiger charge is 2.25. The third-order valence-electron chi connectivity index (χ3n) is 3.33. The number of rotatable bonds is 7. The van der Waals surface area contributed by atoms with Crippen molar-refractivity contribution in [2.45, 2.75) is 40.2 Å². The van der Waals surface area contributed by atoms with Gasteiger partial charge in [0.15, 0.2) is 0 Å². The number of nitrogens with one attached hydrogen (secondary N) is 2. The van der Waals surface area contributed by atoms with Crippen molar-refractivity contribution in [1.82, 2.24) is 5.32 Å². The molecule has 1 aromatic rings. The molecule has 6 nitrogen and oxygen atoms in total. The van der Waals surface area contributed by atoms with Crippen molar-refractivity contribution >= 4 is 23.5 Å². The SMILES string of the molecule is CC(C)CC(=O)NC(C(=O)Nc1ccc(C(=O)O)cc1F)C(C)C. The molecule has 132 valence electrons. The van der Waals surface area contributed by atoms with Gasteiger partial charge in [-0.1, -0.05) is 27.7 Å². The molecule has 1 aromatic carbocycles. The van der Waals surface area contributed by atoms with Gasteiger partial charge in [0, 0.05) is 6.42 Å². The van der Waals surface area contributed by atoms with E-state index in [1.54, 1.807) is 13.8 Å². The Morgan fingerprint density at radius 1 is 1.17 bits per heavy atom.